The fourth-order valence-corrected chi connectivity index (χ4v) is 0.891. The minimum absolute atomic E-state index is 0.442. The van der Waals surface area contributed by atoms with Crippen molar-refractivity contribution in [2.24, 2.45) is 0 Å². The summed E-state index contributed by atoms with van der Waals surface area (Å²) in [6.07, 6.45) is -0.803. The van der Waals surface area contributed by atoms with Crippen molar-refractivity contribution >= 4 is 6.08 Å². The quantitative estimate of drug-likeness (QED) is 0.699. The van der Waals surface area contributed by atoms with Crippen molar-refractivity contribution in [3.8, 4) is 5.75 Å². The first-order valence-electron chi connectivity index (χ1n) is 3.86. The number of hydrogen-bond acceptors (Lipinski definition) is 1. The average Bonchev–Trinajstić information content (AvgIpc) is 2.15. The van der Waals surface area contributed by atoms with Crippen molar-refractivity contribution in [2.45, 2.75) is 6.43 Å². The molecule has 0 radical (unpaired) electrons. The molecule has 0 saturated heterocycles. The van der Waals surface area contributed by atoms with Gasteiger partial charge in [-0.3, -0.25) is 0 Å². The molecule has 0 aliphatic heterocycles. The SMILES string of the molecule is C=Cc1cccc(OCC(F)F)c1. The van der Waals surface area contributed by atoms with Crippen LogP contribution in [-0.2, 0) is 0 Å². The molecular weight excluding hydrogens is 174 g/mol. The minimum atomic E-state index is -2.44. The fourth-order valence-electron chi connectivity index (χ4n) is 0.891. The largest absolute Gasteiger partial charge is 0.488 e. The van der Waals surface area contributed by atoms with Crippen LogP contribution in [0, 0.1) is 0 Å². The van der Waals surface area contributed by atoms with Crippen LogP contribution in [0.4, 0.5) is 8.78 Å². The van der Waals surface area contributed by atoms with Gasteiger partial charge in [0, 0.05) is 0 Å². The van der Waals surface area contributed by atoms with Crippen LogP contribution in [0.5, 0.6) is 5.75 Å². The van der Waals surface area contributed by atoms with Gasteiger partial charge in [-0.1, -0.05) is 24.8 Å². The number of halogens is 2. The van der Waals surface area contributed by atoms with Gasteiger partial charge in [0.2, 0.25) is 0 Å². The standard InChI is InChI=1S/C10H10F2O/c1-2-8-4-3-5-9(6-8)13-7-10(11)12/h2-6,10H,1,7H2. The summed E-state index contributed by atoms with van der Waals surface area (Å²) in [5.41, 5.74) is 0.853. The predicted molar refractivity (Wildman–Crippen MR) is 48.0 cm³/mol. The zero-order chi connectivity index (χ0) is 9.68. The highest BCUT2D eigenvalue weighted by molar-refractivity contribution is 5.49. The Morgan fingerprint density at radius 3 is 2.85 bits per heavy atom. The summed E-state index contributed by atoms with van der Waals surface area (Å²) in [7, 11) is 0. The molecule has 13 heavy (non-hydrogen) atoms. The van der Waals surface area contributed by atoms with E-state index >= 15 is 0 Å². The van der Waals surface area contributed by atoms with Crippen molar-refractivity contribution in [2.75, 3.05) is 6.61 Å². The molecule has 0 aromatic heterocycles. The lowest BCUT2D eigenvalue weighted by Crippen LogP contribution is -2.06. The van der Waals surface area contributed by atoms with Gasteiger partial charge in [0.1, 0.15) is 12.4 Å². The molecule has 0 unspecified atom stereocenters. The molecule has 1 rings (SSSR count). The highest BCUT2D eigenvalue weighted by Crippen LogP contribution is 2.14. The van der Waals surface area contributed by atoms with E-state index in [4.69, 9.17) is 4.74 Å². The van der Waals surface area contributed by atoms with E-state index in [2.05, 4.69) is 6.58 Å². The smallest absolute Gasteiger partial charge is 0.272 e. The van der Waals surface area contributed by atoms with Crippen LogP contribution in [-0.4, -0.2) is 13.0 Å². The van der Waals surface area contributed by atoms with Crippen molar-refractivity contribution in [3.63, 3.8) is 0 Å². The van der Waals surface area contributed by atoms with Crippen LogP contribution in [0.2, 0.25) is 0 Å². The second-order valence-corrected chi connectivity index (χ2v) is 2.48. The maximum Gasteiger partial charge on any atom is 0.272 e. The second-order valence-electron chi connectivity index (χ2n) is 2.48. The van der Waals surface area contributed by atoms with Crippen LogP contribution in [0.15, 0.2) is 30.8 Å². The molecule has 0 aliphatic carbocycles. The molecule has 0 fully saturated rings. The van der Waals surface area contributed by atoms with Crippen LogP contribution < -0.4 is 4.74 Å². The highest BCUT2D eigenvalue weighted by atomic mass is 19.3. The lowest BCUT2D eigenvalue weighted by atomic mass is 10.2. The summed E-state index contributed by atoms with van der Waals surface area (Å²) >= 11 is 0. The van der Waals surface area contributed by atoms with Crippen LogP contribution >= 0.6 is 0 Å². The van der Waals surface area contributed by atoms with Crippen molar-refractivity contribution in [1.29, 1.82) is 0 Å². The van der Waals surface area contributed by atoms with Crippen LogP contribution in [0.1, 0.15) is 5.56 Å². The van der Waals surface area contributed by atoms with Crippen LogP contribution in [0.3, 0.4) is 0 Å². The van der Waals surface area contributed by atoms with Gasteiger partial charge in [-0.25, -0.2) is 8.78 Å². The minimum Gasteiger partial charge on any atom is -0.488 e. The summed E-state index contributed by atoms with van der Waals surface area (Å²) in [5, 5.41) is 0. The molecule has 0 aliphatic rings. The van der Waals surface area contributed by atoms with E-state index < -0.39 is 13.0 Å². The maximum atomic E-state index is 11.8. The first-order valence-corrected chi connectivity index (χ1v) is 3.86. The molecule has 70 valence electrons. The highest BCUT2D eigenvalue weighted by Gasteiger charge is 2.02. The van der Waals surface area contributed by atoms with Gasteiger partial charge in [-0.05, 0) is 17.7 Å². The molecule has 1 aromatic carbocycles. The zero-order valence-electron chi connectivity index (χ0n) is 7.04. The molecule has 0 saturated carbocycles. The Morgan fingerprint density at radius 1 is 1.46 bits per heavy atom. The molecule has 0 amide bonds. The molecule has 3 heteroatoms. The van der Waals surface area contributed by atoms with Gasteiger partial charge in [0.25, 0.3) is 6.43 Å². The summed E-state index contributed by atoms with van der Waals surface area (Å²) in [4.78, 5) is 0. The summed E-state index contributed by atoms with van der Waals surface area (Å²) in [6, 6.07) is 6.85. The third-order valence-corrected chi connectivity index (χ3v) is 1.47. The number of alkyl halides is 2. The third kappa shape index (κ3) is 3.23. The van der Waals surface area contributed by atoms with Gasteiger partial charge >= 0.3 is 0 Å². The molecule has 0 heterocycles. The summed E-state index contributed by atoms with van der Waals surface area (Å²) in [6.45, 7) is 2.99. The zero-order valence-corrected chi connectivity index (χ0v) is 7.04. The number of benzene rings is 1. The van der Waals surface area contributed by atoms with E-state index in [0.717, 1.165) is 5.56 Å². The molecule has 0 bridgehead atoms. The van der Waals surface area contributed by atoms with E-state index in [9.17, 15) is 8.78 Å². The lowest BCUT2D eigenvalue weighted by Gasteiger charge is -2.05. The summed E-state index contributed by atoms with van der Waals surface area (Å²) in [5.74, 6) is 0.442. The van der Waals surface area contributed by atoms with Crippen molar-refractivity contribution in [1.82, 2.24) is 0 Å². The fraction of sp³-hybridized carbons (Fsp3) is 0.200. The van der Waals surface area contributed by atoms with Crippen LogP contribution in [0.25, 0.3) is 6.08 Å². The first kappa shape index (κ1) is 9.71. The molecule has 1 nitrogen and oxygen atoms in total. The Morgan fingerprint density at radius 2 is 2.23 bits per heavy atom. The third-order valence-electron chi connectivity index (χ3n) is 1.47. The van der Waals surface area contributed by atoms with E-state index in [1.54, 1.807) is 24.3 Å². The Labute approximate surface area is 75.6 Å². The average molecular weight is 184 g/mol. The number of ether oxygens (including phenoxy) is 1. The topological polar surface area (TPSA) is 9.23 Å². The number of rotatable bonds is 4. The van der Waals surface area contributed by atoms with Gasteiger partial charge in [0.05, 0.1) is 0 Å². The Bertz CT molecular complexity index is 284. The van der Waals surface area contributed by atoms with E-state index in [1.165, 1.54) is 0 Å². The van der Waals surface area contributed by atoms with Crippen molar-refractivity contribution in [3.05, 3.63) is 36.4 Å². The lowest BCUT2D eigenvalue weighted by molar-refractivity contribution is 0.0819. The van der Waals surface area contributed by atoms with Crippen molar-refractivity contribution < 1.29 is 13.5 Å². The molecular formula is C10H10F2O. The second kappa shape index (κ2) is 4.60. The molecule has 0 spiro atoms. The number of hydrogen-bond donors (Lipinski definition) is 0. The first-order chi connectivity index (χ1) is 6.22. The molecule has 0 atom stereocenters. The van der Waals surface area contributed by atoms with E-state index in [0.29, 0.717) is 5.75 Å². The normalized spacial score (nSPS) is 10.1. The Balaban J connectivity index is 2.61. The van der Waals surface area contributed by atoms with Gasteiger partial charge in [-0.2, -0.15) is 0 Å². The van der Waals surface area contributed by atoms with E-state index in [1.807, 2.05) is 6.07 Å². The van der Waals surface area contributed by atoms with Gasteiger partial charge in [0.15, 0.2) is 0 Å². The Hall–Kier alpha value is -1.38. The van der Waals surface area contributed by atoms with Gasteiger partial charge < -0.3 is 4.74 Å². The van der Waals surface area contributed by atoms with E-state index in [-0.39, 0.29) is 0 Å². The predicted octanol–water partition coefficient (Wildman–Crippen LogP) is 2.97. The molecule has 0 N–H and O–H groups in total. The maximum absolute atomic E-state index is 11.8. The monoisotopic (exact) mass is 184 g/mol. The molecule has 1 aromatic rings. The van der Waals surface area contributed by atoms with Gasteiger partial charge in [-0.15, -0.1) is 0 Å². The summed E-state index contributed by atoms with van der Waals surface area (Å²) < 4.78 is 28.3. The Kier molecular flexibility index (Phi) is 3.43.